The normalized spacial score (nSPS) is 13.6. The van der Waals surface area contributed by atoms with Gasteiger partial charge in [-0.05, 0) is 11.8 Å². The monoisotopic (exact) mass is 237 g/mol. The van der Waals surface area contributed by atoms with E-state index in [0.29, 0.717) is 6.54 Å². The molecule has 1 heterocycles. The summed E-state index contributed by atoms with van der Waals surface area (Å²) < 4.78 is 1.67. The lowest BCUT2D eigenvalue weighted by atomic mass is 9.89. The Balaban J connectivity index is 2.25. The average Bonchev–Trinajstić information content (AvgIpc) is 2.63. The van der Waals surface area contributed by atoms with Crippen LogP contribution in [0.4, 0.5) is 0 Å². The van der Waals surface area contributed by atoms with Gasteiger partial charge in [0.1, 0.15) is 0 Å². The first-order valence-corrected chi connectivity index (χ1v) is 5.95. The first kappa shape index (κ1) is 13.9. The summed E-state index contributed by atoms with van der Waals surface area (Å²) in [5.41, 5.74) is 1.25. The van der Waals surface area contributed by atoms with Crippen molar-refractivity contribution in [1.29, 1.82) is 0 Å². The molecule has 1 rings (SSSR count). The quantitative estimate of drug-likeness (QED) is 0.794. The molecule has 0 saturated heterocycles. The Labute approximate surface area is 103 Å². The first-order chi connectivity index (χ1) is 7.90. The minimum Gasteiger partial charge on any atom is -0.392 e. The second-order valence-electron chi connectivity index (χ2n) is 5.56. The molecule has 0 amide bonds. The van der Waals surface area contributed by atoms with Crippen LogP contribution in [0.5, 0.6) is 0 Å². The summed E-state index contributed by atoms with van der Waals surface area (Å²) in [5, 5.41) is 17.1. The minimum absolute atomic E-state index is 0.162. The van der Waals surface area contributed by atoms with Crippen LogP contribution in [0.1, 0.15) is 32.8 Å². The van der Waals surface area contributed by atoms with Crippen molar-refractivity contribution in [2.24, 2.45) is 5.41 Å². The van der Waals surface area contributed by atoms with Crippen molar-refractivity contribution in [1.82, 2.24) is 15.1 Å². The molecule has 1 aromatic heterocycles. The number of nitrogens with zero attached hydrogens (tertiary/aromatic N) is 2. The number of rotatable bonds is 6. The second-order valence-corrected chi connectivity index (χ2v) is 5.56. The predicted molar refractivity (Wildman–Crippen MR) is 70.4 cm³/mol. The van der Waals surface area contributed by atoms with Crippen molar-refractivity contribution in [3.63, 3.8) is 0 Å². The molecule has 4 heteroatoms. The largest absolute Gasteiger partial charge is 0.392 e. The summed E-state index contributed by atoms with van der Waals surface area (Å²) in [4.78, 5) is 0. The van der Waals surface area contributed by atoms with Crippen molar-refractivity contribution in [3.05, 3.63) is 24.5 Å². The molecule has 96 valence electrons. The van der Waals surface area contributed by atoms with Crippen molar-refractivity contribution < 1.29 is 5.11 Å². The van der Waals surface area contributed by atoms with E-state index in [-0.39, 0.29) is 11.5 Å². The van der Waals surface area contributed by atoms with Crippen LogP contribution in [0.2, 0.25) is 0 Å². The van der Waals surface area contributed by atoms with E-state index >= 15 is 0 Å². The van der Waals surface area contributed by atoms with E-state index in [0.717, 1.165) is 18.5 Å². The molecule has 0 aliphatic heterocycles. The molecule has 1 unspecified atom stereocenters. The van der Waals surface area contributed by atoms with Gasteiger partial charge in [0.2, 0.25) is 0 Å². The van der Waals surface area contributed by atoms with Gasteiger partial charge in [-0.3, -0.25) is 0 Å². The Morgan fingerprint density at radius 2 is 2.29 bits per heavy atom. The molecule has 0 saturated carbocycles. The summed E-state index contributed by atoms with van der Waals surface area (Å²) in [6.45, 7) is 11.3. The molecule has 1 aromatic rings. The van der Waals surface area contributed by atoms with Gasteiger partial charge in [0.25, 0.3) is 0 Å². The molecule has 0 fully saturated rings. The number of aromatic nitrogens is 2. The van der Waals surface area contributed by atoms with E-state index in [4.69, 9.17) is 0 Å². The molecule has 0 spiro atoms. The predicted octanol–water partition coefficient (Wildman–Crippen LogP) is 1.87. The maximum absolute atomic E-state index is 9.81. The van der Waals surface area contributed by atoms with Crippen LogP contribution in [0.15, 0.2) is 19.0 Å². The number of hydrogen-bond acceptors (Lipinski definition) is 3. The zero-order valence-electron chi connectivity index (χ0n) is 11.0. The van der Waals surface area contributed by atoms with Gasteiger partial charge in [-0.1, -0.05) is 27.4 Å². The Hall–Kier alpha value is -1.13. The molecule has 17 heavy (non-hydrogen) atoms. The minimum atomic E-state index is -0.301. The standard InChI is InChI=1S/C13H23N3O/c1-5-16-10-11(8-15-16)7-14-9-12(17)6-13(2,3)4/h5,8,10,12,14,17H,1,6-7,9H2,2-4H3. The molecule has 0 bridgehead atoms. The smallest absolute Gasteiger partial charge is 0.0669 e. The van der Waals surface area contributed by atoms with Gasteiger partial charge < -0.3 is 10.4 Å². The summed E-state index contributed by atoms with van der Waals surface area (Å²) >= 11 is 0. The van der Waals surface area contributed by atoms with Crippen LogP contribution in [0.25, 0.3) is 6.20 Å². The van der Waals surface area contributed by atoms with Crippen LogP contribution in [-0.4, -0.2) is 27.5 Å². The van der Waals surface area contributed by atoms with Gasteiger partial charge in [0.05, 0.1) is 12.3 Å². The summed E-state index contributed by atoms with van der Waals surface area (Å²) in [7, 11) is 0. The SMILES string of the molecule is C=Cn1cc(CNCC(O)CC(C)(C)C)cn1. The fraction of sp³-hybridized carbons (Fsp3) is 0.615. The summed E-state index contributed by atoms with van der Waals surface area (Å²) in [5.74, 6) is 0. The van der Waals surface area contributed by atoms with Gasteiger partial charge >= 0.3 is 0 Å². The van der Waals surface area contributed by atoms with Crippen LogP contribution in [-0.2, 0) is 6.54 Å². The Bertz CT molecular complexity index is 352. The zero-order valence-corrected chi connectivity index (χ0v) is 11.0. The molecule has 0 radical (unpaired) electrons. The third-order valence-electron chi connectivity index (χ3n) is 2.40. The van der Waals surface area contributed by atoms with Gasteiger partial charge in [0.15, 0.2) is 0 Å². The first-order valence-electron chi connectivity index (χ1n) is 5.95. The van der Waals surface area contributed by atoms with Crippen molar-refractivity contribution >= 4 is 6.20 Å². The molecule has 0 aliphatic rings. The average molecular weight is 237 g/mol. The topological polar surface area (TPSA) is 50.1 Å². The Morgan fingerprint density at radius 3 is 2.82 bits per heavy atom. The van der Waals surface area contributed by atoms with E-state index in [1.165, 1.54) is 0 Å². The molecule has 4 nitrogen and oxygen atoms in total. The highest BCUT2D eigenvalue weighted by molar-refractivity contribution is 5.17. The van der Waals surface area contributed by atoms with Gasteiger partial charge in [0, 0.05) is 31.0 Å². The lowest BCUT2D eigenvalue weighted by Gasteiger charge is -2.22. The summed E-state index contributed by atoms with van der Waals surface area (Å²) in [6, 6.07) is 0. The number of nitrogens with one attached hydrogen (secondary N) is 1. The fourth-order valence-electron chi connectivity index (χ4n) is 1.73. The Kier molecular flexibility index (Phi) is 4.90. The van der Waals surface area contributed by atoms with Crippen molar-refractivity contribution in [3.8, 4) is 0 Å². The van der Waals surface area contributed by atoms with Crippen LogP contribution in [0.3, 0.4) is 0 Å². The molecule has 2 N–H and O–H groups in total. The van der Waals surface area contributed by atoms with E-state index in [9.17, 15) is 5.11 Å². The van der Waals surface area contributed by atoms with Crippen LogP contribution < -0.4 is 5.32 Å². The van der Waals surface area contributed by atoms with Crippen molar-refractivity contribution in [2.45, 2.75) is 39.8 Å². The lowest BCUT2D eigenvalue weighted by Crippen LogP contribution is -2.29. The van der Waals surface area contributed by atoms with E-state index in [2.05, 4.69) is 37.8 Å². The molecule has 0 aromatic carbocycles. The third-order valence-corrected chi connectivity index (χ3v) is 2.40. The van der Waals surface area contributed by atoms with Gasteiger partial charge in [-0.15, -0.1) is 0 Å². The highest BCUT2D eigenvalue weighted by atomic mass is 16.3. The molecule has 1 atom stereocenters. The highest BCUT2D eigenvalue weighted by Gasteiger charge is 2.16. The zero-order chi connectivity index (χ0) is 12.9. The third kappa shape index (κ3) is 5.65. The van der Waals surface area contributed by atoms with Crippen molar-refractivity contribution in [2.75, 3.05) is 6.54 Å². The number of aliphatic hydroxyl groups excluding tert-OH is 1. The molecule has 0 aliphatic carbocycles. The van der Waals surface area contributed by atoms with Gasteiger partial charge in [-0.2, -0.15) is 5.10 Å². The Morgan fingerprint density at radius 1 is 1.59 bits per heavy atom. The van der Waals surface area contributed by atoms with E-state index < -0.39 is 0 Å². The molecular formula is C13H23N3O. The van der Waals surface area contributed by atoms with E-state index in [1.54, 1.807) is 17.1 Å². The maximum atomic E-state index is 9.81. The lowest BCUT2D eigenvalue weighted by molar-refractivity contribution is 0.119. The molecular weight excluding hydrogens is 214 g/mol. The van der Waals surface area contributed by atoms with E-state index in [1.807, 2.05) is 6.20 Å². The summed E-state index contributed by atoms with van der Waals surface area (Å²) in [6.07, 6.45) is 5.86. The number of aliphatic hydroxyl groups is 1. The van der Waals surface area contributed by atoms with Gasteiger partial charge in [-0.25, -0.2) is 4.68 Å². The second kappa shape index (κ2) is 5.98. The van der Waals surface area contributed by atoms with Crippen LogP contribution in [0, 0.1) is 5.41 Å². The highest BCUT2D eigenvalue weighted by Crippen LogP contribution is 2.20. The number of hydrogen-bond donors (Lipinski definition) is 2. The fourth-order valence-corrected chi connectivity index (χ4v) is 1.73. The maximum Gasteiger partial charge on any atom is 0.0669 e. The van der Waals surface area contributed by atoms with Crippen LogP contribution >= 0.6 is 0 Å².